The molecule has 1 fully saturated rings. The Kier molecular flexibility index (Phi) is 2.14. The van der Waals surface area contributed by atoms with E-state index >= 15 is 0 Å². The van der Waals surface area contributed by atoms with Crippen molar-refractivity contribution in [3.63, 3.8) is 0 Å². The lowest BCUT2D eigenvalue weighted by Gasteiger charge is -2.33. The number of nitrogens with zero attached hydrogens (tertiary/aromatic N) is 1. The molecule has 3 nitrogen and oxygen atoms in total. The summed E-state index contributed by atoms with van der Waals surface area (Å²) in [5.41, 5.74) is 5.62. The molecule has 1 aliphatic rings. The third-order valence-electron chi connectivity index (χ3n) is 2.24. The monoisotopic (exact) mass is 181 g/mol. The maximum absolute atomic E-state index is 12.6. The van der Waals surface area contributed by atoms with Gasteiger partial charge in [-0.2, -0.15) is 4.39 Å². The van der Waals surface area contributed by atoms with Crippen LogP contribution in [0.5, 0.6) is 0 Å². The van der Waals surface area contributed by atoms with Crippen LogP contribution >= 0.6 is 0 Å². The minimum Gasteiger partial charge on any atom is -0.367 e. The maximum atomic E-state index is 12.6. The Hall–Kier alpha value is -1.16. The Morgan fingerprint density at radius 2 is 2.23 bits per heavy atom. The van der Waals surface area contributed by atoms with Crippen molar-refractivity contribution in [3.05, 3.63) is 24.1 Å². The zero-order chi connectivity index (χ0) is 9.26. The van der Waals surface area contributed by atoms with E-state index in [0.717, 1.165) is 12.8 Å². The molecule has 0 aliphatic heterocycles. The molecule has 0 radical (unpaired) electrons. The highest BCUT2D eigenvalue weighted by atomic mass is 19.1. The molecule has 1 aromatic heterocycles. The number of aromatic nitrogens is 1. The van der Waals surface area contributed by atoms with Gasteiger partial charge in [-0.3, -0.25) is 0 Å². The molecular formula is C9H12FN3. The van der Waals surface area contributed by atoms with Gasteiger partial charge >= 0.3 is 0 Å². The van der Waals surface area contributed by atoms with Crippen molar-refractivity contribution in [3.8, 4) is 0 Å². The van der Waals surface area contributed by atoms with Gasteiger partial charge in [0.1, 0.15) is 5.82 Å². The number of anilines is 1. The summed E-state index contributed by atoms with van der Waals surface area (Å²) in [7, 11) is 0. The van der Waals surface area contributed by atoms with Crippen LogP contribution < -0.4 is 11.1 Å². The molecule has 1 aromatic rings. The largest absolute Gasteiger partial charge is 0.367 e. The average molecular weight is 181 g/mol. The van der Waals surface area contributed by atoms with Crippen molar-refractivity contribution in [1.29, 1.82) is 0 Å². The second-order valence-electron chi connectivity index (χ2n) is 3.42. The van der Waals surface area contributed by atoms with Gasteiger partial charge in [0, 0.05) is 12.1 Å². The standard InChI is InChI=1S/C9H12FN3/c10-8-2-1-3-9(13-8)12-7-4-6(11)5-7/h1-3,6-7H,4-5,11H2,(H,12,13). The number of nitrogens with one attached hydrogen (secondary N) is 1. The number of pyridine rings is 1. The molecule has 0 spiro atoms. The van der Waals surface area contributed by atoms with Gasteiger partial charge in [-0.15, -0.1) is 0 Å². The quantitative estimate of drug-likeness (QED) is 0.672. The van der Waals surface area contributed by atoms with Crippen LogP contribution in [-0.4, -0.2) is 17.1 Å². The molecule has 2 rings (SSSR count). The molecule has 1 aliphatic carbocycles. The van der Waals surface area contributed by atoms with E-state index in [1.165, 1.54) is 6.07 Å². The first-order chi connectivity index (χ1) is 6.24. The topological polar surface area (TPSA) is 50.9 Å². The number of halogens is 1. The Morgan fingerprint density at radius 3 is 2.85 bits per heavy atom. The first-order valence-corrected chi connectivity index (χ1v) is 4.39. The SMILES string of the molecule is NC1CC(Nc2cccc(F)n2)C1. The highest BCUT2D eigenvalue weighted by molar-refractivity contribution is 5.35. The van der Waals surface area contributed by atoms with Crippen molar-refractivity contribution >= 4 is 5.82 Å². The van der Waals surface area contributed by atoms with E-state index in [1.807, 2.05) is 0 Å². The first-order valence-electron chi connectivity index (χ1n) is 4.39. The van der Waals surface area contributed by atoms with Gasteiger partial charge in [0.05, 0.1) is 0 Å². The van der Waals surface area contributed by atoms with Crippen molar-refractivity contribution in [1.82, 2.24) is 4.98 Å². The average Bonchev–Trinajstić information content (AvgIpc) is 2.01. The predicted molar refractivity (Wildman–Crippen MR) is 48.8 cm³/mol. The van der Waals surface area contributed by atoms with E-state index in [-0.39, 0.29) is 0 Å². The van der Waals surface area contributed by atoms with Crippen LogP contribution in [0.15, 0.2) is 18.2 Å². The van der Waals surface area contributed by atoms with Gasteiger partial charge in [-0.25, -0.2) is 4.98 Å². The molecule has 0 aromatic carbocycles. The molecule has 1 heterocycles. The van der Waals surface area contributed by atoms with E-state index in [0.29, 0.717) is 17.9 Å². The summed E-state index contributed by atoms with van der Waals surface area (Å²) < 4.78 is 12.6. The number of nitrogens with two attached hydrogens (primary N) is 1. The fraction of sp³-hybridized carbons (Fsp3) is 0.444. The van der Waals surface area contributed by atoms with Crippen LogP contribution in [0.1, 0.15) is 12.8 Å². The van der Waals surface area contributed by atoms with Crippen LogP contribution in [0.4, 0.5) is 10.2 Å². The summed E-state index contributed by atoms with van der Waals surface area (Å²) in [6.45, 7) is 0. The Labute approximate surface area is 76.2 Å². The van der Waals surface area contributed by atoms with Crippen LogP contribution in [0.25, 0.3) is 0 Å². The minimum atomic E-state index is -0.450. The zero-order valence-corrected chi connectivity index (χ0v) is 7.20. The van der Waals surface area contributed by atoms with Crippen LogP contribution in [0, 0.1) is 5.95 Å². The fourth-order valence-corrected chi connectivity index (χ4v) is 1.48. The van der Waals surface area contributed by atoms with Gasteiger partial charge in [0.15, 0.2) is 0 Å². The Bertz CT molecular complexity index is 297. The second kappa shape index (κ2) is 3.30. The van der Waals surface area contributed by atoms with Gasteiger partial charge in [0.2, 0.25) is 5.95 Å². The van der Waals surface area contributed by atoms with Crippen molar-refractivity contribution in [2.75, 3.05) is 5.32 Å². The summed E-state index contributed by atoms with van der Waals surface area (Å²) in [6.07, 6.45) is 1.89. The summed E-state index contributed by atoms with van der Waals surface area (Å²) in [5.74, 6) is 0.144. The Balaban J connectivity index is 1.94. The summed E-state index contributed by atoms with van der Waals surface area (Å²) in [5, 5.41) is 3.12. The minimum absolute atomic E-state index is 0.297. The second-order valence-corrected chi connectivity index (χ2v) is 3.42. The van der Waals surface area contributed by atoms with Gasteiger partial charge < -0.3 is 11.1 Å². The number of hydrogen-bond donors (Lipinski definition) is 2. The van der Waals surface area contributed by atoms with Crippen molar-refractivity contribution in [2.45, 2.75) is 24.9 Å². The van der Waals surface area contributed by atoms with Crippen molar-refractivity contribution in [2.24, 2.45) is 5.73 Å². The van der Waals surface area contributed by atoms with E-state index < -0.39 is 5.95 Å². The van der Waals surface area contributed by atoms with E-state index in [4.69, 9.17) is 5.73 Å². The number of hydrogen-bond acceptors (Lipinski definition) is 3. The normalized spacial score (nSPS) is 26.6. The molecule has 70 valence electrons. The molecule has 0 atom stereocenters. The zero-order valence-electron chi connectivity index (χ0n) is 7.20. The van der Waals surface area contributed by atoms with E-state index in [1.54, 1.807) is 12.1 Å². The number of rotatable bonds is 2. The molecule has 4 heteroatoms. The first kappa shape index (κ1) is 8.44. The van der Waals surface area contributed by atoms with E-state index in [2.05, 4.69) is 10.3 Å². The maximum Gasteiger partial charge on any atom is 0.214 e. The lowest BCUT2D eigenvalue weighted by Crippen LogP contribution is -2.44. The fourth-order valence-electron chi connectivity index (χ4n) is 1.48. The van der Waals surface area contributed by atoms with Gasteiger partial charge in [-0.05, 0) is 25.0 Å². The highest BCUT2D eigenvalue weighted by Gasteiger charge is 2.25. The van der Waals surface area contributed by atoms with E-state index in [9.17, 15) is 4.39 Å². The van der Waals surface area contributed by atoms with Crippen LogP contribution in [0.3, 0.4) is 0 Å². The molecule has 0 unspecified atom stereocenters. The van der Waals surface area contributed by atoms with Crippen LogP contribution in [0.2, 0.25) is 0 Å². The molecule has 0 saturated heterocycles. The molecule has 1 saturated carbocycles. The Morgan fingerprint density at radius 1 is 1.46 bits per heavy atom. The third kappa shape index (κ3) is 1.95. The van der Waals surface area contributed by atoms with Gasteiger partial charge in [0.25, 0.3) is 0 Å². The van der Waals surface area contributed by atoms with Crippen molar-refractivity contribution < 1.29 is 4.39 Å². The molecule has 3 N–H and O–H groups in total. The predicted octanol–water partition coefficient (Wildman–Crippen LogP) is 1.12. The lowest BCUT2D eigenvalue weighted by atomic mass is 9.88. The third-order valence-corrected chi connectivity index (χ3v) is 2.24. The molecule has 0 amide bonds. The summed E-state index contributed by atoms with van der Waals surface area (Å²) in [4.78, 5) is 3.70. The van der Waals surface area contributed by atoms with Gasteiger partial charge in [-0.1, -0.05) is 6.07 Å². The lowest BCUT2D eigenvalue weighted by molar-refractivity contribution is 0.372. The molecule has 0 bridgehead atoms. The molecule has 13 heavy (non-hydrogen) atoms. The smallest absolute Gasteiger partial charge is 0.214 e. The highest BCUT2D eigenvalue weighted by Crippen LogP contribution is 2.21. The summed E-state index contributed by atoms with van der Waals surface area (Å²) in [6, 6.07) is 5.39. The summed E-state index contributed by atoms with van der Waals surface area (Å²) >= 11 is 0. The van der Waals surface area contributed by atoms with Crippen LogP contribution in [-0.2, 0) is 0 Å². The molecular weight excluding hydrogens is 169 g/mol.